The predicted molar refractivity (Wildman–Crippen MR) is 121 cm³/mol. The van der Waals surface area contributed by atoms with Gasteiger partial charge in [-0.15, -0.1) is 0 Å². The SMILES string of the molecule is CC(=O)N[C@H](Cc1c[nH]c2ccccc12)C(=O)N1CCN(S(=O)(=O)c2ccccc2)CC1. The second-order valence-electron chi connectivity index (χ2n) is 7.86. The van der Waals surface area contributed by atoms with Crippen molar-refractivity contribution in [1.82, 2.24) is 19.5 Å². The molecular weight excluding hydrogens is 428 g/mol. The van der Waals surface area contributed by atoms with Crippen molar-refractivity contribution < 1.29 is 18.0 Å². The van der Waals surface area contributed by atoms with Gasteiger partial charge in [0, 0.05) is 56.6 Å². The first-order valence-electron chi connectivity index (χ1n) is 10.5. The summed E-state index contributed by atoms with van der Waals surface area (Å²) in [6.07, 6.45) is 2.21. The number of benzene rings is 2. The average Bonchev–Trinajstić information content (AvgIpc) is 3.21. The van der Waals surface area contributed by atoms with Crippen molar-refractivity contribution in [2.75, 3.05) is 26.2 Å². The van der Waals surface area contributed by atoms with Crippen LogP contribution in [0, 0.1) is 0 Å². The minimum absolute atomic E-state index is 0.206. The standard InChI is InChI=1S/C23H26N4O4S/c1-17(28)25-22(15-18-16-24-21-10-6-5-9-20(18)21)23(29)26-11-13-27(14-12-26)32(30,31)19-7-3-2-4-8-19/h2-10,16,22,24H,11-15H2,1H3,(H,25,28)/t22-/m1/s1. The fraction of sp³-hybridized carbons (Fsp3) is 0.304. The van der Waals surface area contributed by atoms with Gasteiger partial charge in [0.05, 0.1) is 4.90 Å². The van der Waals surface area contributed by atoms with Gasteiger partial charge in [-0.05, 0) is 23.8 Å². The van der Waals surface area contributed by atoms with Crippen LogP contribution in [0.4, 0.5) is 0 Å². The third-order valence-electron chi connectivity index (χ3n) is 5.71. The summed E-state index contributed by atoms with van der Waals surface area (Å²) in [6, 6.07) is 15.4. The maximum atomic E-state index is 13.3. The Hall–Kier alpha value is -3.17. The summed E-state index contributed by atoms with van der Waals surface area (Å²) in [4.78, 5) is 30.1. The zero-order chi connectivity index (χ0) is 22.7. The Labute approximate surface area is 187 Å². The number of nitrogens with one attached hydrogen (secondary N) is 2. The summed E-state index contributed by atoms with van der Waals surface area (Å²) in [5.74, 6) is -0.490. The van der Waals surface area contributed by atoms with Crippen LogP contribution in [-0.2, 0) is 26.0 Å². The van der Waals surface area contributed by atoms with Crippen molar-refractivity contribution in [2.45, 2.75) is 24.3 Å². The highest BCUT2D eigenvalue weighted by Crippen LogP contribution is 2.21. The zero-order valence-corrected chi connectivity index (χ0v) is 18.6. The zero-order valence-electron chi connectivity index (χ0n) is 17.8. The topological polar surface area (TPSA) is 103 Å². The van der Waals surface area contributed by atoms with E-state index >= 15 is 0 Å². The van der Waals surface area contributed by atoms with Crippen LogP contribution in [0.3, 0.4) is 0 Å². The molecule has 1 saturated heterocycles. The fourth-order valence-electron chi connectivity index (χ4n) is 4.08. The molecule has 168 valence electrons. The number of piperazine rings is 1. The largest absolute Gasteiger partial charge is 0.361 e. The first-order valence-corrected chi connectivity index (χ1v) is 12.0. The molecule has 0 bridgehead atoms. The minimum Gasteiger partial charge on any atom is -0.361 e. The van der Waals surface area contributed by atoms with Crippen molar-refractivity contribution in [1.29, 1.82) is 0 Å². The summed E-state index contributed by atoms with van der Waals surface area (Å²) < 4.78 is 27.1. The number of aromatic amines is 1. The highest BCUT2D eigenvalue weighted by molar-refractivity contribution is 7.89. The molecule has 0 saturated carbocycles. The first kappa shape index (κ1) is 22.0. The van der Waals surface area contributed by atoms with Gasteiger partial charge in [-0.1, -0.05) is 36.4 Å². The second kappa shape index (κ2) is 9.13. The number of para-hydroxylation sites is 1. The van der Waals surface area contributed by atoms with E-state index in [0.29, 0.717) is 6.42 Å². The van der Waals surface area contributed by atoms with E-state index in [2.05, 4.69) is 10.3 Å². The number of amides is 2. The molecule has 3 aromatic rings. The van der Waals surface area contributed by atoms with Crippen LogP contribution in [0.5, 0.6) is 0 Å². The molecule has 2 amide bonds. The lowest BCUT2D eigenvalue weighted by molar-refractivity contribution is -0.137. The molecule has 1 aromatic heterocycles. The van der Waals surface area contributed by atoms with Crippen molar-refractivity contribution in [3.8, 4) is 0 Å². The van der Waals surface area contributed by atoms with E-state index in [1.807, 2.05) is 30.5 Å². The first-order chi connectivity index (χ1) is 15.4. The second-order valence-corrected chi connectivity index (χ2v) is 9.80. The lowest BCUT2D eigenvalue weighted by atomic mass is 10.0. The molecule has 4 rings (SSSR count). The van der Waals surface area contributed by atoms with Gasteiger partial charge in [0.25, 0.3) is 0 Å². The van der Waals surface area contributed by atoms with Crippen molar-refractivity contribution >= 4 is 32.7 Å². The summed E-state index contributed by atoms with van der Waals surface area (Å²) in [6.45, 7) is 2.36. The molecule has 2 heterocycles. The smallest absolute Gasteiger partial charge is 0.245 e. The number of hydrogen-bond acceptors (Lipinski definition) is 4. The molecule has 1 aliphatic heterocycles. The highest BCUT2D eigenvalue weighted by Gasteiger charge is 2.33. The van der Waals surface area contributed by atoms with E-state index < -0.39 is 16.1 Å². The Kier molecular flexibility index (Phi) is 6.29. The van der Waals surface area contributed by atoms with Crippen molar-refractivity contribution in [3.05, 3.63) is 66.4 Å². The van der Waals surface area contributed by atoms with Gasteiger partial charge in [0.15, 0.2) is 0 Å². The molecule has 2 N–H and O–H groups in total. The normalized spacial score (nSPS) is 16.1. The third kappa shape index (κ3) is 4.53. The summed E-state index contributed by atoms with van der Waals surface area (Å²) in [5.41, 5.74) is 1.91. The van der Waals surface area contributed by atoms with Gasteiger partial charge in [0.1, 0.15) is 6.04 Å². The summed E-state index contributed by atoms with van der Waals surface area (Å²) >= 11 is 0. The van der Waals surface area contributed by atoms with Crippen LogP contribution in [0.25, 0.3) is 10.9 Å². The molecule has 0 aliphatic carbocycles. The maximum Gasteiger partial charge on any atom is 0.245 e. The molecule has 0 radical (unpaired) electrons. The fourth-order valence-corrected chi connectivity index (χ4v) is 5.52. The quantitative estimate of drug-likeness (QED) is 0.592. The average molecular weight is 455 g/mol. The maximum absolute atomic E-state index is 13.3. The molecule has 9 heteroatoms. The number of fused-ring (bicyclic) bond motifs is 1. The molecule has 8 nitrogen and oxygen atoms in total. The van der Waals surface area contributed by atoms with Gasteiger partial charge in [-0.3, -0.25) is 9.59 Å². The Morgan fingerprint density at radius 2 is 1.66 bits per heavy atom. The van der Waals surface area contributed by atoms with Gasteiger partial charge in [-0.2, -0.15) is 4.31 Å². The van der Waals surface area contributed by atoms with Gasteiger partial charge >= 0.3 is 0 Å². The van der Waals surface area contributed by atoms with Crippen LogP contribution in [-0.4, -0.2) is 66.6 Å². The minimum atomic E-state index is -3.59. The lowest BCUT2D eigenvalue weighted by Crippen LogP contribution is -2.56. The van der Waals surface area contributed by atoms with E-state index in [9.17, 15) is 18.0 Å². The van der Waals surface area contributed by atoms with Crippen LogP contribution in [0.1, 0.15) is 12.5 Å². The molecule has 1 aliphatic rings. The number of carbonyl (C=O) groups is 2. The Balaban J connectivity index is 1.46. The Bertz CT molecular complexity index is 1220. The molecular formula is C23H26N4O4S. The predicted octanol–water partition coefficient (Wildman–Crippen LogP) is 1.75. The third-order valence-corrected chi connectivity index (χ3v) is 7.62. The highest BCUT2D eigenvalue weighted by atomic mass is 32.2. The number of hydrogen-bond donors (Lipinski definition) is 2. The van der Waals surface area contributed by atoms with Crippen LogP contribution >= 0.6 is 0 Å². The number of nitrogens with zero attached hydrogens (tertiary/aromatic N) is 2. The molecule has 32 heavy (non-hydrogen) atoms. The van der Waals surface area contributed by atoms with E-state index in [0.717, 1.165) is 16.5 Å². The summed E-state index contributed by atoms with van der Waals surface area (Å²) in [7, 11) is -3.59. The Morgan fingerprint density at radius 1 is 1.00 bits per heavy atom. The molecule has 2 aromatic carbocycles. The molecule has 1 fully saturated rings. The number of sulfonamides is 1. The lowest BCUT2D eigenvalue weighted by Gasteiger charge is -2.35. The number of rotatable bonds is 6. The van der Waals surface area contributed by atoms with E-state index in [1.54, 1.807) is 35.2 Å². The van der Waals surface area contributed by atoms with Gasteiger partial charge < -0.3 is 15.2 Å². The van der Waals surface area contributed by atoms with E-state index in [4.69, 9.17) is 0 Å². The van der Waals surface area contributed by atoms with Gasteiger partial charge in [-0.25, -0.2) is 8.42 Å². The van der Waals surface area contributed by atoms with Gasteiger partial charge in [0.2, 0.25) is 21.8 Å². The molecule has 1 atom stereocenters. The monoisotopic (exact) mass is 454 g/mol. The van der Waals surface area contributed by atoms with E-state index in [1.165, 1.54) is 11.2 Å². The van der Waals surface area contributed by atoms with E-state index in [-0.39, 0.29) is 42.9 Å². The van der Waals surface area contributed by atoms with Crippen LogP contribution in [0.15, 0.2) is 65.7 Å². The number of aromatic nitrogens is 1. The number of carbonyl (C=O) groups excluding carboxylic acids is 2. The molecule has 0 unspecified atom stereocenters. The van der Waals surface area contributed by atoms with Crippen LogP contribution < -0.4 is 5.32 Å². The summed E-state index contributed by atoms with van der Waals surface area (Å²) in [5, 5.41) is 3.78. The molecule has 0 spiro atoms. The van der Waals surface area contributed by atoms with Crippen molar-refractivity contribution in [2.24, 2.45) is 0 Å². The Morgan fingerprint density at radius 3 is 2.34 bits per heavy atom. The van der Waals surface area contributed by atoms with Crippen molar-refractivity contribution in [3.63, 3.8) is 0 Å². The van der Waals surface area contributed by atoms with Crippen LogP contribution in [0.2, 0.25) is 0 Å². The number of H-pyrrole nitrogens is 1.